The Kier molecular flexibility index (Phi) is 4.32. The van der Waals surface area contributed by atoms with Crippen LogP contribution in [0, 0.1) is 0 Å². The van der Waals surface area contributed by atoms with Gasteiger partial charge in [-0.25, -0.2) is 9.97 Å². The highest BCUT2D eigenvalue weighted by Crippen LogP contribution is 2.24. The Balaban J connectivity index is 1.63. The number of ether oxygens (including phenoxy) is 1. The lowest BCUT2D eigenvalue weighted by atomic mass is 10.2. The van der Waals surface area contributed by atoms with E-state index < -0.39 is 0 Å². The van der Waals surface area contributed by atoms with E-state index in [4.69, 9.17) is 4.74 Å². The highest BCUT2D eigenvalue weighted by Gasteiger charge is 2.25. The molecule has 3 heterocycles. The zero-order chi connectivity index (χ0) is 13.8. The van der Waals surface area contributed by atoms with Crippen molar-refractivity contribution in [2.75, 3.05) is 36.5 Å². The second-order valence-electron chi connectivity index (χ2n) is 5.45. The van der Waals surface area contributed by atoms with Crippen LogP contribution in [0.3, 0.4) is 0 Å². The van der Waals surface area contributed by atoms with Gasteiger partial charge in [-0.15, -0.1) is 0 Å². The lowest BCUT2D eigenvalue weighted by Crippen LogP contribution is -2.32. The Hall–Kier alpha value is -1.40. The fourth-order valence-electron chi connectivity index (χ4n) is 2.95. The van der Waals surface area contributed by atoms with Crippen LogP contribution in [0.1, 0.15) is 25.7 Å². The van der Waals surface area contributed by atoms with Crippen molar-refractivity contribution in [3.05, 3.63) is 12.4 Å². The Bertz CT molecular complexity index is 437. The van der Waals surface area contributed by atoms with E-state index in [0.717, 1.165) is 57.0 Å². The first-order valence-corrected chi connectivity index (χ1v) is 7.42. The van der Waals surface area contributed by atoms with Gasteiger partial charge in [0.1, 0.15) is 18.0 Å². The van der Waals surface area contributed by atoms with Gasteiger partial charge in [0.2, 0.25) is 0 Å². The molecule has 1 aromatic heterocycles. The first-order valence-electron chi connectivity index (χ1n) is 7.42. The molecule has 0 unspecified atom stereocenters. The highest BCUT2D eigenvalue weighted by molar-refractivity contribution is 5.49. The van der Waals surface area contributed by atoms with Gasteiger partial charge in [0.15, 0.2) is 0 Å². The summed E-state index contributed by atoms with van der Waals surface area (Å²) >= 11 is 0. The third kappa shape index (κ3) is 3.02. The van der Waals surface area contributed by atoms with Gasteiger partial charge in [-0.2, -0.15) is 0 Å². The monoisotopic (exact) mass is 278 g/mol. The van der Waals surface area contributed by atoms with Gasteiger partial charge in [0.25, 0.3) is 0 Å². The molecule has 2 aliphatic rings. The molecular formula is C14H22N4O2. The summed E-state index contributed by atoms with van der Waals surface area (Å²) in [5.41, 5.74) is 0. The molecular weight excluding hydrogens is 256 g/mol. The number of aromatic nitrogens is 2. The number of nitrogens with zero attached hydrogens (tertiary/aromatic N) is 3. The zero-order valence-electron chi connectivity index (χ0n) is 11.7. The molecule has 0 spiro atoms. The molecule has 0 saturated carbocycles. The fraction of sp³-hybridized carbons (Fsp3) is 0.714. The molecule has 1 aromatic rings. The van der Waals surface area contributed by atoms with E-state index in [9.17, 15) is 5.11 Å². The van der Waals surface area contributed by atoms with Crippen molar-refractivity contribution in [2.45, 2.75) is 37.8 Å². The van der Waals surface area contributed by atoms with Crippen LogP contribution in [-0.2, 0) is 4.74 Å². The van der Waals surface area contributed by atoms with Crippen LogP contribution in [0.4, 0.5) is 11.6 Å². The van der Waals surface area contributed by atoms with Gasteiger partial charge in [-0.05, 0) is 25.7 Å². The Morgan fingerprint density at radius 2 is 2.30 bits per heavy atom. The summed E-state index contributed by atoms with van der Waals surface area (Å²) in [6, 6.07) is 2.15. The van der Waals surface area contributed by atoms with E-state index in [2.05, 4.69) is 20.2 Å². The van der Waals surface area contributed by atoms with Crippen LogP contribution >= 0.6 is 0 Å². The summed E-state index contributed by atoms with van der Waals surface area (Å²) in [5, 5.41) is 12.7. The molecule has 2 saturated heterocycles. The standard InChI is InChI=1S/C14H22N4O2/c19-9-11-3-1-5-18(11)14-7-13(16-10-17-14)15-8-12-4-2-6-20-12/h7,10-12,19H,1-6,8-9H2,(H,15,16,17)/t11-,12-/m0/s1. The highest BCUT2D eigenvalue weighted by atomic mass is 16.5. The van der Waals surface area contributed by atoms with E-state index in [-0.39, 0.29) is 12.6 Å². The summed E-state index contributed by atoms with van der Waals surface area (Å²) < 4.78 is 5.59. The first kappa shape index (κ1) is 13.6. The van der Waals surface area contributed by atoms with Crippen molar-refractivity contribution < 1.29 is 9.84 Å². The Morgan fingerprint density at radius 1 is 1.35 bits per heavy atom. The summed E-state index contributed by atoms with van der Waals surface area (Å²) in [6.45, 7) is 2.79. The molecule has 3 rings (SSSR count). The average molecular weight is 278 g/mol. The molecule has 2 N–H and O–H groups in total. The van der Waals surface area contributed by atoms with Crippen LogP contribution in [-0.4, -0.2) is 53.5 Å². The number of aliphatic hydroxyl groups is 1. The van der Waals surface area contributed by atoms with Crippen LogP contribution < -0.4 is 10.2 Å². The minimum Gasteiger partial charge on any atom is -0.394 e. The molecule has 0 amide bonds. The minimum atomic E-state index is 0.183. The summed E-state index contributed by atoms with van der Waals surface area (Å²) in [4.78, 5) is 10.8. The SMILES string of the molecule is OC[C@@H]1CCCN1c1cc(NC[C@@H]2CCCO2)ncn1. The van der Waals surface area contributed by atoms with Gasteiger partial charge in [-0.1, -0.05) is 0 Å². The van der Waals surface area contributed by atoms with E-state index >= 15 is 0 Å². The zero-order valence-corrected chi connectivity index (χ0v) is 11.7. The van der Waals surface area contributed by atoms with E-state index in [1.54, 1.807) is 6.33 Å². The van der Waals surface area contributed by atoms with E-state index in [1.807, 2.05) is 6.07 Å². The summed E-state index contributed by atoms with van der Waals surface area (Å²) in [6.07, 6.45) is 6.27. The third-order valence-electron chi connectivity index (χ3n) is 4.07. The molecule has 2 aliphatic heterocycles. The topological polar surface area (TPSA) is 70.5 Å². The molecule has 110 valence electrons. The van der Waals surface area contributed by atoms with Gasteiger partial charge < -0.3 is 20.1 Å². The van der Waals surface area contributed by atoms with E-state index in [0.29, 0.717) is 6.10 Å². The van der Waals surface area contributed by atoms with Gasteiger partial charge in [0, 0.05) is 25.8 Å². The van der Waals surface area contributed by atoms with Crippen molar-refractivity contribution in [1.29, 1.82) is 0 Å². The van der Waals surface area contributed by atoms with Crippen LogP contribution in [0.5, 0.6) is 0 Å². The average Bonchev–Trinajstić information content (AvgIpc) is 3.16. The van der Waals surface area contributed by atoms with Crippen molar-refractivity contribution in [3.8, 4) is 0 Å². The number of rotatable bonds is 5. The summed E-state index contributed by atoms with van der Waals surface area (Å²) in [5.74, 6) is 1.72. The third-order valence-corrected chi connectivity index (χ3v) is 4.07. The van der Waals surface area contributed by atoms with Crippen LogP contribution in [0.2, 0.25) is 0 Å². The molecule has 0 aliphatic carbocycles. The Morgan fingerprint density at radius 3 is 3.10 bits per heavy atom. The fourth-order valence-corrected chi connectivity index (χ4v) is 2.95. The van der Waals surface area contributed by atoms with Crippen molar-refractivity contribution in [2.24, 2.45) is 0 Å². The number of nitrogens with one attached hydrogen (secondary N) is 1. The van der Waals surface area contributed by atoms with E-state index in [1.165, 1.54) is 0 Å². The molecule has 0 bridgehead atoms. The smallest absolute Gasteiger partial charge is 0.134 e. The lowest BCUT2D eigenvalue weighted by molar-refractivity contribution is 0.120. The maximum atomic E-state index is 9.40. The second-order valence-corrected chi connectivity index (χ2v) is 5.45. The molecule has 6 heteroatoms. The first-order chi connectivity index (χ1) is 9.86. The molecule has 6 nitrogen and oxygen atoms in total. The van der Waals surface area contributed by atoms with Crippen LogP contribution in [0.25, 0.3) is 0 Å². The van der Waals surface area contributed by atoms with Gasteiger partial charge in [0.05, 0.1) is 18.8 Å². The molecule has 0 radical (unpaired) electrons. The maximum absolute atomic E-state index is 9.40. The maximum Gasteiger partial charge on any atom is 0.134 e. The molecule has 0 aromatic carbocycles. The normalized spacial score (nSPS) is 26.1. The van der Waals surface area contributed by atoms with Gasteiger partial charge in [-0.3, -0.25) is 0 Å². The predicted molar refractivity (Wildman–Crippen MR) is 76.9 cm³/mol. The summed E-state index contributed by atoms with van der Waals surface area (Å²) in [7, 11) is 0. The Labute approximate surface area is 119 Å². The van der Waals surface area contributed by atoms with Crippen molar-refractivity contribution in [1.82, 2.24) is 9.97 Å². The number of hydrogen-bond acceptors (Lipinski definition) is 6. The number of hydrogen-bond donors (Lipinski definition) is 2. The molecule has 2 atom stereocenters. The molecule has 2 fully saturated rings. The second kappa shape index (κ2) is 6.37. The number of aliphatic hydroxyl groups excluding tert-OH is 1. The van der Waals surface area contributed by atoms with Crippen molar-refractivity contribution in [3.63, 3.8) is 0 Å². The van der Waals surface area contributed by atoms with Gasteiger partial charge >= 0.3 is 0 Å². The van der Waals surface area contributed by atoms with Crippen LogP contribution in [0.15, 0.2) is 12.4 Å². The quantitative estimate of drug-likeness (QED) is 0.838. The predicted octanol–water partition coefficient (Wildman–Crippen LogP) is 1.03. The minimum absolute atomic E-state index is 0.183. The molecule has 20 heavy (non-hydrogen) atoms. The lowest BCUT2D eigenvalue weighted by Gasteiger charge is -2.24. The number of anilines is 2. The van der Waals surface area contributed by atoms with Crippen molar-refractivity contribution >= 4 is 11.6 Å². The largest absolute Gasteiger partial charge is 0.394 e.